The smallest absolute Gasteiger partial charge is 0.332 e. The predicted molar refractivity (Wildman–Crippen MR) is 142 cm³/mol. The second kappa shape index (κ2) is 13.2. The van der Waals surface area contributed by atoms with E-state index in [4.69, 9.17) is 4.74 Å². The minimum Gasteiger partial charge on any atom is -0.497 e. The molecule has 3 aromatic rings. The molecule has 1 heterocycles. The second-order valence-corrected chi connectivity index (χ2v) is 8.76. The van der Waals surface area contributed by atoms with Crippen LogP contribution < -0.4 is 20.7 Å². The molecule has 11 heteroatoms. The van der Waals surface area contributed by atoms with Gasteiger partial charge in [-0.05, 0) is 61.4 Å². The molecule has 0 saturated heterocycles. The van der Waals surface area contributed by atoms with Gasteiger partial charge in [-0.1, -0.05) is 13.8 Å². The summed E-state index contributed by atoms with van der Waals surface area (Å²) in [6.07, 6.45) is 1.30. The summed E-state index contributed by atoms with van der Waals surface area (Å²) in [7, 11) is 1.60. The lowest BCUT2D eigenvalue weighted by atomic mass is 10.1. The van der Waals surface area contributed by atoms with E-state index < -0.39 is 23.9 Å². The number of methoxy groups -OCH3 is 1. The Morgan fingerprint density at radius 2 is 1.43 bits per heavy atom. The molecule has 0 aliphatic carbocycles. The molecule has 1 aromatic heterocycles. The molecule has 0 spiro atoms. The van der Waals surface area contributed by atoms with Crippen LogP contribution in [0.4, 0.5) is 14.7 Å². The van der Waals surface area contributed by atoms with Gasteiger partial charge in [0.1, 0.15) is 5.75 Å². The van der Waals surface area contributed by atoms with E-state index in [2.05, 4.69) is 20.9 Å². The molecule has 0 atom stereocenters. The zero-order chi connectivity index (χ0) is 26.8. The van der Waals surface area contributed by atoms with Gasteiger partial charge in [0.05, 0.1) is 12.8 Å². The Morgan fingerprint density at radius 1 is 0.865 bits per heavy atom. The molecule has 3 N–H and O–H groups in total. The molecule has 0 fully saturated rings. The lowest BCUT2D eigenvalue weighted by Gasteiger charge is -2.20. The van der Waals surface area contributed by atoms with Crippen LogP contribution in [0.2, 0.25) is 0 Å². The fourth-order valence-electron chi connectivity index (χ4n) is 3.19. The minimum absolute atomic E-state index is 0.0888. The first-order chi connectivity index (χ1) is 17.9. The van der Waals surface area contributed by atoms with Crippen LogP contribution >= 0.6 is 11.3 Å². The van der Waals surface area contributed by atoms with Crippen molar-refractivity contribution in [2.45, 2.75) is 26.7 Å². The lowest BCUT2D eigenvalue weighted by Crippen LogP contribution is -2.51. The van der Waals surface area contributed by atoms with Gasteiger partial charge in [0.2, 0.25) is 0 Å². The first-order valence-electron chi connectivity index (χ1n) is 11.8. The molecule has 3 rings (SSSR count). The highest BCUT2D eigenvalue weighted by Crippen LogP contribution is 2.26. The summed E-state index contributed by atoms with van der Waals surface area (Å²) in [5, 5.41) is 10.1. The molecule has 0 aliphatic rings. The van der Waals surface area contributed by atoms with Crippen LogP contribution in [0.15, 0.2) is 53.9 Å². The highest BCUT2D eigenvalue weighted by Gasteiger charge is 2.29. The summed E-state index contributed by atoms with van der Waals surface area (Å²) in [6.45, 7) is 4.36. The molecule has 0 radical (unpaired) electrons. The van der Waals surface area contributed by atoms with Crippen molar-refractivity contribution in [3.63, 3.8) is 0 Å². The number of rotatable bonds is 9. The van der Waals surface area contributed by atoms with Crippen molar-refractivity contribution >= 4 is 40.3 Å². The molecule has 0 saturated carbocycles. The Kier molecular flexibility index (Phi) is 9.73. The molecule has 0 bridgehead atoms. The number of amides is 6. The SMILES string of the molecule is CCCNC(=O)N(C(=O)NCCC)C(=O)c1ccc(C(=O)Nc2nc(-c3ccc(OC)cc3)cs2)cc1. The number of nitrogens with zero attached hydrogens (tertiary/aromatic N) is 2. The first-order valence-corrected chi connectivity index (χ1v) is 12.7. The fourth-order valence-corrected chi connectivity index (χ4v) is 3.90. The quantitative estimate of drug-likeness (QED) is 0.371. The van der Waals surface area contributed by atoms with Gasteiger partial charge in [-0.15, -0.1) is 11.3 Å². The van der Waals surface area contributed by atoms with Crippen LogP contribution in [0.5, 0.6) is 5.75 Å². The largest absolute Gasteiger partial charge is 0.497 e. The summed E-state index contributed by atoms with van der Waals surface area (Å²) >= 11 is 1.28. The van der Waals surface area contributed by atoms with Crippen LogP contribution in [-0.4, -0.2) is 54.0 Å². The van der Waals surface area contributed by atoms with E-state index >= 15 is 0 Å². The average molecular weight is 524 g/mol. The molecule has 37 heavy (non-hydrogen) atoms. The maximum absolute atomic E-state index is 13.0. The summed E-state index contributed by atoms with van der Waals surface area (Å²) in [6, 6.07) is 11.5. The number of nitrogens with one attached hydrogen (secondary N) is 3. The Balaban J connectivity index is 1.69. The number of hydrogen-bond donors (Lipinski definition) is 3. The van der Waals surface area contributed by atoms with Crippen molar-refractivity contribution in [3.8, 4) is 17.0 Å². The number of anilines is 1. The van der Waals surface area contributed by atoms with Crippen LogP contribution in [0.1, 0.15) is 47.4 Å². The zero-order valence-corrected chi connectivity index (χ0v) is 21.7. The number of imide groups is 3. The molecular weight excluding hydrogens is 494 g/mol. The van der Waals surface area contributed by atoms with Gasteiger partial charge >= 0.3 is 12.1 Å². The predicted octanol–water partition coefficient (Wildman–Crippen LogP) is 4.75. The normalized spacial score (nSPS) is 10.4. The van der Waals surface area contributed by atoms with Crippen molar-refractivity contribution in [3.05, 3.63) is 65.0 Å². The van der Waals surface area contributed by atoms with Gasteiger partial charge in [0.25, 0.3) is 11.8 Å². The Morgan fingerprint density at radius 3 is 1.97 bits per heavy atom. The van der Waals surface area contributed by atoms with Gasteiger partial charge in [-0.25, -0.2) is 14.6 Å². The van der Waals surface area contributed by atoms with E-state index in [1.165, 1.54) is 35.6 Å². The van der Waals surface area contributed by atoms with Gasteiger partial charge < -0.3 is 15.4 Å². The van der Waals surface area contributed by atoms with E-state index in [1.807, 2.05) is 43.5 Å². The number of benzene rings is 2. The van der Waals surface area contributed by atoms with Crippen LogP contribution in [0.3, 0.4) is 0 Å². The summed E-state index contributed by atoms with van der Waals surface area (Å²) < 4.78 is 5.16. The highest BCUT2D eigenvalue weighted by molar-refractivity contribution is 7.14. The van der Waals surface area contributed by atoms with Crippen molar-refractivity contribution in [2.75, 3.05) is 25.5 Å². The highest BCUT2D eigenvalue weighted by atomic mass is 32.1. The van der Waals surface area contributed by atoms with Crippen molar-refractivity contribution in [1.29, 1.82) is 0 Å². The van der Waals surface area contributed by atoms with Crippen molar-refractivity contribution in [1.82, 2.24) is 20.5 Å². The Labute approximate surface area is 219 Å². The topological polar surface area (TPSA) is 130 Å². The number of ether oxygens (including phenoxy) is 1. The number of carbonyl (C=O) groups excluding carboxylic acids is 4. The molecule has 194 valence electrons. The third kappa shape index (κ3) is 7.14. The third-order valence-corrected chi connectivity index (χ3v) is 5.92. The van der Waals surface area contributed by atoms with Gasteiger partial charge in [-0.2, -0.15) is 4.90 Å². The maximum Gasteiger partial charge on any atom is 0.332 e. The number of thiazole rings is 1. The molecular formula is C26H29N5O5S. The fraction of sp³-hybridized carbons (Fsp3) is 0.269. The van der Waals surface area contributed by atoms with Gasteiger partial charge in [0, 0.05) is 35.2 Å². The molecule has 0 unspecified atom stereocenters. The van der Waals surface area contributed by atoms with E-state index in [-0.39, 0.29) is 11.1 Å². The number of aromatic nitrogens is 1. The Hall–Kier alpha value is -4.25. The average Bonchev–Trinajstić information content (AvgIpc) is 3.39. The van der Waals surface area contributed by atoms with E-state index in [1.54, 1.807) is 7.11 Å². The number of urea groups is 2. The number of carbonyl (C=O) groups is 4. The third-order valence-electron chi connectivity index (χ3n) is 5.17. The van der Waals surface area contributed by atoms with Crippen LogP contribution in [0.25, 0.3) is 11.3 Å². The lowest BCUT2D eigenvalue weighted by molar-refractivity contribution is 0.0834. The van der Waals surface area contributed by atoms with Crippen molar-refractivity contribution in [2.24, 2.45) is 0 Å². The Bertz CT molecular complexity index is 1220. The van der Waals surface area contributed by atoms with E-state index in [0.717, 1.165) is 11.3 Å². The molecule has 6 amide bonds. The molecule has 2 aromatic carbocycles. The standard InChI is InChI=1S/C26H29N5O5S/c1-4-14-27-25(34)31(26(35)28-15-5-2)23(33)19-8-6-18(7-9-19)22(32)30-24-29-21(16-37-24)17-10-12-20(36-3)13-11-17/h6-13,16H,4-5,14-15H2,1-3H3,(H,27,34)(H,28,35)(H,29,30,32). The van der Waals surface area contributed by atoms with E-state index in [9.17, 15) is 19.2 Å². The second-order valence-electron chi connectivity index (χ2n) is 7.90. The van der Waals surface area contributed by atoms with E-state index in [0.29, 0.717) is 41.7 Å². The summed E-state index contributed by atoms with van der Waals surface area (Å²) in [4.78, 5) is 55.7. The van der Waals surface area contributed by atoms with Gasteiger partial charge in [-0.3, -0.25) is 14.9 Å². The minimum atomic E-state index is -0.807. The van der Waals surface area contributed by atoms with Crippen LogP contribution in [0, 0.1) is 0 Å². The zero-order valence-electron chi connectivity index (χ0n) is 20.9. The van der Waals surface area contributed by atoms with Crippen LogP contribution in [-0.2, 0) is 0 Å². The van der Waals surface area contributed by atoms with Gasteiger partial charge in [0.15, 0.2) is 5.13 Å². The monoisotopic (exact) mass is 523 g/mol. The first kappa shape index (κ1) is 27.3. The van der Waals surface area contributed by atoms with Crippen molar-refractivity contribution < 1.29 is 23.9 Å². The summed E-state index contributed by atoms with van der Waals surface area (Å²) in [5.74, 6) is -0.466. The summed E-state index contributed by atoms with van der Waals surface area (Å²) in [5.41, 5.74) is 1.98. The number of hydrogen-bond acceptors (Lipinski definition) is 7. The maximum atomic E-state index is 13.0. The molecule has 0 aliphatic heterocycles. The molecule has 10 nitrogen and oxygen atoms in total.